The van der Waals surface area contributed by atoms with E-state index in [2.05, 4.69) is 105 Å². The summed E-state index contributed by atoms with van der Waals surface area (Å²) in [5, 5.41) is 2.65. The number of amides is 1. The summed E-state index contributed by atoms with van der Waals surface area (Å²) in [4.78, 5) is 15.5. The van der Waals surface area contributed by atoms with Crippen molar-refractivity contribution >= 4 is 11.9 Å². The van der Waals surface area contributed by atoms with Crippen LogP contribution >= 0.6 is 0 Å². The largest absolute Gasteiger partial charge is 0.370 e. The smallest absolute Gasteiger partial charge is 0.234 e. The molecule has 0 spiro atoms. The minimum atomic E-state index is -0.517. The molecule has 0 fully saturated rings. The van der Waals surface area contributed by atoms with E-state index < -0.39 is 5.92 Å². The van der Waals surface area contributed by atoms with E-state index in [-0.39, 0.29) is 11.9 Å². The summed E-state index contributed by atoms with van der Waals surface area (Å²) < 4.78 is 0. The van der Waals surface area contributed by atoms with Gasteiger partial charge in [0.25, 0.3) is 0 Å². The molecule has 0 aliphatic rings. The molecule has 0 rings (SSSR count). The Balaban J connectivity index is 4.38. The molecule has 0 aromatic carbocycles. The first-order chi connectivity index (χ1) is 13.6. The number of carbonyl (C=O) groups is 1. The summed E-state index contributed by atoms with van der Waals surface area (Å²) in [7, 11) is 0. The molecule has 0 aromatic rings. The van der Waals surface area contributed by atoms with Crippen LogP contribution in [0.5, 0.6) is 0 Å². The van der Waals surface area contributed by atoms with Gasteiger partial charge in [0.1, 0.15) is 0 Å². The quantitative estimate of drug-likeness (QED) is 0.260. The average molecular weight is 364 g/mol. The third kappa shape index (κ3) is 16.1. The van der Waals surface area contributed by atoms with Crippen LogP contribution < -0.4 is 16.8 Å². The Bertz CT molecular complexity index is 1090. The van der Waals surface area contributed by atoms with Gasteiger partial charge in [0.2, 0.25) is 5.91 Å². The second-order valence-corrected chi connectivity index (χ2v) is 4.46. The van der Waals surface area contributed by atoms with Gasteiger partial charge in [0.05, 0.1) is 12.5 Å². The van der Waals surface area contributed by atoms with E-state index in [0.717, 1.165) is 0 Å². The van der Waals surface area contributed by atoms with Crippen LogP contribution in [-0.4, -0.2) is 25.0 Å². The predicted molar refractivity (Wildman–Crippen MR) is 111 cm³/mol. The highest BCUT2D eigenvalue weighted by Crippen LogP contribution is 1.90. The highest BCUT2D eigenvalue weighted by atomic mass is 16.1. The molecule has 1 unspecified atom stereocenters. The summed E-state index contributed by atoms with van der Waals surface area (Å²) in [5.74, 6) is 39.7. The fourth-order valence-corrected chi connectivity index (χ4v) is 1.16. The van der Waals surface area contributed by atoms with E-state index in [9.17, 15) is 4.79 Å². The van der Waals surface area contributed by atoms with Crippen LogP contribution in [0.2, 0.25) is 0 Å². The summed E-state index contributed by atoms with van der Waals surface area (Å²) in [5.41, 5.74) is 10.4. The van der Waals surface area contributed by atoms with E-state index in [4.69, 9.17) is 11.5 Å². The fourth-order valence-electron chi connectivity index (χ4n) is 1.16. The van der Waals surface area contributed by atoms with Gasteiger partial charge in [-0.15, -0.1) is 0 Å². The standard InChI is InChI=1S/C23H16N4O/c1-3-4-5-6-7-8-9-10-11-12-13-14-15-16-17-18-21(2)22(28)26-19-20-27-23(24)25/h21H,19-20H2,1-2H3,(H,26,28)(H4,24,25,27). The molecule has 0 aromatic heterocycles. The highest BCUT2D eigenvalue weighted by molar-refractivity contribution is 5.81. The van der Waals surface area contributed by atoms with Gasteiger partial charge in [-0.1, -0.05) is 11.8 Å². The van der Waals surface area contributed by atoms with Crippen LogP contribution in [0.1, 0.15) is 13.8 Å². The minimum Gasteiger partial charge on any atom is -0.370 e. The topological polar surface area (TPSA) is 93.5 Å². The van der Waals surface area contributed by atoms with Crippen molar-refractivity contribution in [1.82, 2.24) is 5.32 Å². The Labute approximate surface area is 166 Å². The van der Waals surface area contributed by atoms with Gasteiger partial charge in [0, 0.05) is 6.54 Å². The van der Waals surface area contributed by atoms with Crippen LogP contribution in [-0.2, 0) is 4.79 Å². The van der Waals surface area contributed by atoms with Crippen LogP contribution in [0.3, 0.4) is 0 Å². The van der Waals surface area contributed by atoms with Crippen molar-refractivity contribution in [2.75, 3.05) is 13.1 Å². The monoisotopic (exact) mass is 364 g/mol. The van der Waals surface area contributed by atoms with Gasteiger partial charge in [0.15, 0.2) is 5.96 Å². The second-order valence-electron chi connectivity index (χ2n) is 4.46. The zero-order valence-electron chi connectivity index (χ0n) is 15.5. The lowest BCUT2D eigenvalue weighted by molar-refractivity contribution is -0.122. The molecule has 1 atom stereocenters. The maximum absolute atomic E-state index is 11.7. The summed E-state index contributed by atoms with van der Waals surface area (Å²) in [6.45, 7) is 3.99. The molecule has 0 aliphatic heterocycles. The van der Waals surface area contributed by atoms with Crippen molar-refractivity contribution in [2.24, 2.45) is 22.4 Å². The molecule has 5 heteroatoms. The molecule has 0 aliphatic carbocycles. The van der Waals surface area contributed by atoms with Crippen molar-refractivity contribution in [2.45, 2.75) is 13.8 Å². The number of guanidine groups is 1. The third-order valence-corrected chi connectivity index (χ3v) is 2.32. The lowest BCUT2D eigenvalue weighted by atomic mass is 10.2. The summed E-state index contributed by atoms with van der Waals surface area (Å²) in [6, 6.07) is 0. The van der Waals surface area contributed by atoms with Crippen molar-refractivity contribution in [1.29, 1.82) is 0 Å². The second kappa shape index (κ2) is 17.1. The molecule has 28 heavy (non-hydrogen) atoms. The van der Waals surface area contributed by atoms with Crippen molar-refractivity contribution in [3.05, 3.63) is 0 Å². The van der Waals surface area contributed by atoms with Crippen LogP contribution in [0, 0.1) is 101 Å². The first-order valence-corrected chi connectivity index (χ1v) is 7.83. The molecule has 0 heterocycles. The van der Waals surface area contributed by atoms with Gasteiger partial charge in [-0.2, -0.15) is 0 Å². The first kappa shape index (κ1) is 23.2. The number of nitrogens with two attached hydrogens (primary N) is 2. The number of hydrogen-bond donors (Lipinski definition) is 3. The number of rotatable bonds is 4. The van der Waals surface area contributed by atoms with E-state index in [1.807, 2.05) is 0 Å². The number of carbonyl (C=O) groups excluding carboxylic acids is 1. The Morgan fingerprint density at radius 3 is 1.68 bits per heavy atom. The molecule has 0 radical (unpaired) electrons. The molecule has 0 bridgehead atoms. The number of nitrogens with one attached hydrogen (secondary N) is 1. The molecule has 5 N–H and O–H groups in total. The maximum atomic E-state index is 11.7. The van der Waals surface area contributed by atoms with Gasteiger partial charge in [-0.25, -0.2) is 0 Å². The van der Waals surface area contributed by atoms with Gasteiger partial charge < -0.3 is 16.8 Å². The third-order valence-electron chi connectivity index (χ3n) is 2.32. The predicted octanol–water partition coefficient (Wildman–Crippen LogP) is -0.941. The molecule has 1 amide bonds. The van der Waals surface area contributed by atoms with Crippen molar-refractivity contribution in [3.8, 4) is 94.7 Å². The zero-order chi connectivity index (χ0) is 20.9. The van der Waals surface area contributed by atoms with Crippen molar-refractivity contribution in [3.63, 3.8) is 0 Å². The number of nitrogens with zero attached hydrogens (tertiary/aromatic N) is 1. The average Bonchev–Trinajstić information content (AvgIpc) is 2.67. The van der Waals surface area contributed by atoms with Gasteiger partial charge in [-0.05, 0) is 96.7 Å². The zero-order valence-corrected chi connectivity index (χ0v) is 15.5. The van der Waals surface area contributed by atoms with Gasteiger partial charge in [-0.3, -0.25) is 9.79 Å². The Kier molecular flexibility index (Phi) is 14.1. The number of hydrogen-bond acceptors (Lipinski definition) is 2. The highest BCUT2D eigenvalue weighted by Gasteiger charge is 2.07. The first-order valence-electron chi connectivity index (χ1n) is 7.83. The SMILES string of the molecule is CC#CC#CC#CC#CC#CC#CC#CC#CC(C)C(=O)NCCN=C(N)N. The van der Waals surface area contributed by atoms with Crippen LogP contribution in [0.15, 0.2) is 4.99 Å². The number of aliphatic imine (C=N–C) groups is 1. The Morgan fingerprint density at radius 2 is 1.25 bits per heavy atom. The Hall–Kier alpha value is -4.78. The van der Waals surface area contributed by atoms with Crippen LogP contribution in [0.25, 0.3) is 0 Å². The molecule has 0 saturated heterocycles. The van der Waals surface area contributed by atoms with Crippen LogP contribution in [0.4, 0.5) is 0 Å². The normalized spacial score (nSPS) is 7.36. The molecule has 5 nitrogen and oxygen atoms in total. The van der Waals surface area contributed by atoms with Crippen molar-refractivity contribution < 1.29 is 4.79 Å². The Morgan fingerprint density at radius 1 is 0.821 bits per heavy atom. The van der Waals surface area contributed by atoms with E-state index >= 15 is 0 Å². The lowest BCUT2D eigenvalue weighted by Crippen LogP contribution is -2.31. The van der Waals surface area contributed by atoms with E-state index in [1.54, 1.807) is 13.8 Å². The maximum Gasteiger partial charge on any atom is 0.234 e. The minimum absolute atomic E-state index is 0.0211. The lowest BCUT2D eigenvalue weighted by Gasteiger charge is -2.04. The molecular formula is C23H16N4O. The van der Waals surface area contributed by atoms with E-state index in [1.165, 1.54) is 0 Å². The molecule has 0 saturated carbocycles. The fraction of sp³-hybridized carbons (Fsp3) is 0.217. The van der Waals surface area contributed by atoms with E-state index in [0.29, 0.717) is 13.1 Å². The molecular weight excluding hydrogens is 348 g/mol. The summed E-state index contributed by atoms with van der Waals surface area (Å²) in [6.07, 6.45) is 0. The summed E-state index contributed by atoms with van der Waals surface area (Å²) >= 11 is 0. The van der Waals surface area contributed by atoms with Gasteiger partial charge >= 0.3 is 0 Å². The molecule has 134 valence electrons.